The highest BCUT2D eigenvalue weighted by molar-refractivity contribution is 7.47. The van der Waals surface area contributed by atoms with Gasteiger partial charge in [-0.2, -0.15) is 0 Å². The number of hydrogen-bond acceptors (Lipinski definition) is 15. The summed E-state index contributed by atoms with van der Waals surface area (Å²) in [5, 5.41) is 10.5. The number of hydrogen-bond donors (Lipinski definition) is 3. The molecule has 0 aromatic carbocycles. The molecule has 81 heavy (non-hydrogen) atoms. The quantitative estimate of drug-likeness (QED) is 0.0222. The van der Waals surface area contributed by atoms with Crippen molar-refractivity contribution in [2.45, 2.75) is 323 Å². The van der Waals surface area contributed by atoms with Crippen LogP contribution >= 0.6 is 15.6 Å². The van der Waals surface area contributed by atoms with Gasteiger partial charge in [0.05, 0.1) is 26.4 Å². The summed E-state index contributed by atoms with van der Waals surface area (Å²) in [5.74, 6) is -0.690. The second-order valence-corrected chi connectivity index (χ2v) is 26.1. The molecule has 0 aromatic heterocycles. The van der Waals surface area contributed by atoms with Gasteiger partial charge in [-0.25, -0.2) is 9.13 Å². The van der Waals surface area contributed by atoms with Crippen LogP contribution in [0.1, 0.15) is 305 Å². The van der Waals surface area contributed by atoms with E-state index in [1.54, 1.807) is 0 Å². The van der Waals surface area contributed by atoms with E-state index in [2.05, 4.69) is 41.5 Å². The average molecular weight is 1200 g/mol. The minimum atomic E-state index is -4.94. The summed E-state index contributed by atoms with van der Waals surface area (Å²) in [6, 6.07) is 0. The molecule has 480 valence electrons. The molecular weight excluding hydrogens is 1080 g/mol. The van der Waals surface area contributed by atoms with Gasteiger partial charge in [0.2, 0.25) is 0 Å². The lowest BCUT2D eigenvalue weighted by Gasteiger charge is -2.21. The van der Waals surface area contributed by atoms with Crippen LogP contribution in [0.2, 0.25) is 0 Å². The summed E-state index contributed by atoms with van der Waals surface area (Å²) in [5.41, 5.74) is 0. The molecule has 6 atom stereocenters. The van der Waals surface area contributed by atoms with Crippen molar-refractivity contribution in [3.8, 4) is 0 Å². The minimum absolute atomic E-state index is 0.105. The normalized spacial score (nSPS) is 14.7. The monoisotopic (exact) mass is 1200 g/mol. The van der Waals surface area contributed by atoms with E-state index in [4.69, 9.17) is 37.0 Å². The highest BCUT2D eigenvalue weighted by Gasteiger charge is 2.30. The Bertz CT molecular complexity index is 1600. The molecule has 0 aliphatic heterocycles. The van der Waals surface area contributed by atoms with Crippen molar-refractivity contribution in [1.82, 2.24) is 0 Å². The second kappa shape index (κ2) is 54.7. The molecule has 0 radical (unpaired) electrons. The largest absolute Gasteiger partial charge is 0.472 e. The lowest BCUT2D eigenvalue weighted by atomic mass is 9.99. The lowest BCUT2D eigenvalue weighted by Crippen LogP contribution is -2.30. The fourth-order valence-corrected chi connectivity index (χ4v) is 10.7. The second-order valence-electron chi connectivity index (χ2n) is 23.2. The molecule has 0 fully saturated rings. The highest BCUT2D eigenvalue weighted by atomic mass is 31.2. The maximum atomic E-state index is 12.9. The van der Waals surface area contributed by atoms with E-state index in [-0.39, 0.29) is 25.7 Å². The standard InChI is InChI=1S/C62H120O17P2/c1-7-10-12-14-16-18-20-25-32-38-44-59(64)72-50-57(79-62(67)47-41-35-27-23-22-24-31-37-43-55(6)9-3)52-76-80(68,69)74-48-56(63)49-75-81(70,71)77-53-58(51-73-60(65)45-39-33-29-28-30-36-42-54(4)5)78-61(66)46-40-34-26-21-19-17-15-13-11-8-2/h54-58,63H,7-53H2,1-6H3,(H,68,69)(H,70,71)/t55?,56-,57-,58-/m1/s1. The third-order valence-corrected chi connectivity index (χ3v) is 16.5. The number of carbonyl (C=O) groups is 4. The Morgan fingerprint density at radius 1 is 0.358 bits per heavy atom. The maximum absolute atomic E-state index is 12.9. The molecule has 0 bridgehead atoms. The topological polar surface area (TPSA) is 237 Å². The molecule has 0 aliphatic carbocycles. The number of rotatable bonds is 61. The minimum Gasteiger partial charge on any atom is -0.462 e. The summed E-state index contributed by atoms with van der Waals surface area (Å²) in [6.45, 7) is 9.38. The molecule has 0 aliphatic rings. The number of ether oxygens (including phenoxy) is 4. The van der Waals surface area contributed by atoms with Crippen LogP contribution in [0, 0.1) is 11.8 Å². The number of aliphatic hydroxyl groups is 1. The van der Waals surface area contributed by atoms with E-state index in [1.165, 1.54) is 116 Å². The Morgan fingerprint density at radius 2 is 0.630 bits per heavy atom. The predicted molar refractivity (Wildman–Crippen MR) is 321 cm³/mol. The summed E-state index contributed by atoms with van der Waals surface area (Å²) in [7, 11) is -9.88. The molecule has 0 amide bonds. The van der Waals surface area contributed by atoms with E-state index in [1.807, 2.05) is 0 Å². The Labute approximate surface area is 492 Å². The zero-order chi connectivity index (χ0) is 60.1. The Hall–Kier alpha value is -1.94. The first-order valence-electron chi connectivity index (χ1n) is 32.5. The zero-order valence-electron chi connectivity index (χ0n) is 52.1. The third kappa shape index (κ3) is 55.7. The molecular formula is C62H120O17P2. The van der Waals surface area contributed by atoms with E-state index in [9.17, 15) is 43.2 Å². The van der Waals surface area contributed by atoms with Crippen LogP contribution in [0.25, 0.3) is 0 Å². The fourth-order valence-electron chi connectivity index (χ4n) is 9.15. The van der Waals surface area contributed by atoms with Crippen LogP contribution in [0.5, 0.6) is 0 Å². The summed E-state index contributed by atoms with van der Waals surface area (Å²) < 4.78 is 67.9. The summed E-state index contributed by atoms with van der Waals surface area (Å²) >= 11 is 0. The van der Waals surface area contributed by atoms with Crippen LogP contribution in [0.4, 0.5) is 0 Å². The van der Waals surface area contributed by atoms with Crippen molar-refractivity contribution >= 4 is 39.5 Å². The van der Waals surface area contributed by atoms with Crippen molar-refractivity contribution in [3.05, 3.63) is 0 Å². The average Bonchev–Trinajstić information content (AvgIpc) is 3.44. The van der Waals surface area contributed by atoms with Crippen LogP contribution in [-0.2, 0) is 65.4 Å². The molecule has 19 heteroatoms. The van der Waals surface area contributed by atoms with Crippen molar-refractivity contribution in [3.63, 3.8) is 0 Å². The third-order valence-electron chi connectivity index (χ3n) is 14.6. The fraction of sp³-hybridized carbons (Fsp3) is 0.935. The van der Waals surface area contributed by atoms with Gasteiger partial charge in [-0.3, -0.25) is 37.3 Å². The number of phosphoric acid groups is 2. The van der Waals surface area contributed by atoms with Gasteiger partial charge in [-0.05, 0) is 37.5 Å². The Kier molecular flexibility index (Phi) is 53.4. The summed E-state index contributed by atoms with van der Waals surface area (Å²) in [6.07, 6.45) is 36.2. The van der Waals surface area contributed by atoms with Gasteiger partial charge in [-0.15, -0.1) is 0 Å². The van der Waals surface area contributed by atoms with Crippen molar-refractivity contribution in [2.75, 3.05) is 39.6 Å². The van der Waals surface area contributed by atoms with Gasteiger partial charge < -0.3 is 33.8 Å². The number of phosphoric ester groups is 2. The molecule has 0 spiro atoms. The molecule has 3 unspecified atom stereocenters. The SMILES string of the molecule is CCCCCCCCCCCCC(=O)OC[C@H](COP(=O)(O)OC[C@@H](O)COP(=O)(O)OC[C@@H](COC(=O)CCCCCCCCC(C)C)OC(=O)CCCCCCCCCCCC)OC(=O)CCCCCCCCCCC(C)CC. The molecule has 3 N–H and O–H groups in total. The van der Waals surface area contributed by atoms with E-state index in [0.29, 0.717) is 31.6 Å². The number of aliphatic hydroxyl groups excluding tert-OH is 1. The van der Waals surface area contributed by atoms with Gasteiger partial charge >= 0.3 is 39.5 Å². The first kappa shape index (κ1) is 79.1. The van der Waals surface area contributed by atoms with Gasteiger partial charge in [0.1, 0.15) is 19.3 Å². The van der Waals surface area contributed by atoms with Crippen molar-refractivity contribution in [1.29, 1.82) is 0 Å². The van der Waals surface area contributed by atoms with Crippen molar-refractivity contribution in [2.24, 2.45) is 11.8 Å². The Morgan fingerprint density at radius 3 is 0.938 bits per heavy atom. The first-order chi connectivity index (χ1) is 38.9. The van der Waals surface area contributed by atoms with Gasteiger partial charge in [0, 0.05) is 25.7 Å². The van der Waals surface area contributed by atoms with Crippen LogP contribution in [0.15, 0.2) is 0 Å². The van der Waals surface area contributed by atoms with Crippen molar-refractivity contribution < 1.29 is 80.2 Å². The molecule has 0 aromatic rings. The summed E-state index contributed by atoms with van der Waals surface area (Å²) in [4.78, 5) is 72.1. The van der Waals surface area contributed by atoms with Gasteiger partial charge in [0.15, 0.2) is 12.2 Å². The van der Waals surface area contributed by atoms with Gasteiger partial charge in [-0.1, -0.05) is 253 Å². The van der Waals surface area contributed by atoms with E-state index in [0.717, 1.165) is 102 Å². The van der Waals surface area contributed by atoms with E-state index >= 15 is 0 Å². The zero-order valence-corrected chi connectivity index (χ0v) is 53.9. The van der Waals surface area contributed by atoms with E-state index < -0.39 is 97.5 Å². The molecule has 0 saturated carbocycles. The van der Waals surface area contributed by atoms with Crippen LogP contribution < -0.4 is 0 Å². The predicted octanol–water partition coefficient (Wildman–Crippen LogP) is 16.9. The number of unbranched alkanes of at least 4 members (excludes halogenated alkanes) is 30. The molecule has 0 saturated heterocycles. The van der Waals surface area contributed by atoms with Crippen LogP contribution in [0.3, 0.4) is 0 Å². The smallest absolute Gasteiger partial charge is 0.462 e. The highest BCUT2D eigenvalue weighted by Crippen LogP contribution is 2.45. The maximum Gasteiger partial charge on any atom is 0.472 e. The molecule has 17 nitrogen and oxygen atoms in total. The number of esters is 4. The lowest BCUT2D eigenvalue weighted by molar-refractivity contribution is -0.161. The first-order valence-corrected chi connectivity index (χ1v) is 35.5. The molecule has 0 heterocycles. The Balaban J connectivity index is 5.24. The van der Waals surface area contributed by atoms with Crippen LogP contribution in [-0.4, -0.2) is 96.7 Å². The molecule has 0 rings (SSSR count). The van der Waals surface area contributed by atoms with Gasteiger partial charge in [0.25, 0.3) is 0 Å². The number of carbonyl (C=O) groups excluding carboxylic acids is 4.